The molecule has 5 nitrogen and oxygen atoms in total. The molecule has 2 N–H and O–H groups in total. The predicted octanol–water partition coefficient (Wildman–Crippen LogP) is 1.35. The quantitative estimate of drug-likeness (QED) is 0.599. The van der Waals surface area contributed by atoms with Crippen molar-refractivity contribution in [1.82, 2.24) is 9.97 Å². The van der Waals surface area contributed by atoms with Crippen molar-refractivity contribution in [3.63, 3.8) is 0 Å². The number of thioether (sulfide) groups is 1. The second-order valence-electron chi connectivity index (χ2n) is 3.40. The minimum Gasteiger partial charge on any atom is -0.478 e. The molecule has 1 atom stereocenters. The van der Waals surface area contributed by atoms with Crippen LogP contribution < -0.4 is 0 Å². The molecule has 0 radical (unpaired) electrons. The average molecular weight is 242 g/mol. The van der Waals surface area contributed by atoms with Gasteiger partial charge in [-0.05, 0) is 13.3 Å². The summed E-state index contributed by atoms with van der Waals surface area (Å²) in [6.07, 6.45) is 1.98. The Hall–Kier alpha value is -1.14. The van der Waals surface area contributed by atoms with E-state index in [1.54, 1.807) is 6.92 Å². The Balaban J connectivity index is 2.77. The predicted molar refractivity (Wildman–Crippen MR) is 60.8 cm³/mol. The van der Waals surface area contributed by atoms with Gasteiger partial charge < -0.3 is 10.2 Å². The maximum absolute atomic E-state index is 10.7. The smallest absolute Gasteiger partial charge is 0.339 e. The second kappa shape index (κ2) is 5.81. The number of aromatic carboxylic acids is 1. The molecule has 0 aliphatic heterocycles. The Morgan fingerprint density at radius 3 is 2.81 bits per heavy atom. The number of carboxylic acids is 1. The lowest BCUT2D eigenvalue weighted by molar-refractivity contribution is 0.0695. The fourth-order valence-electron chi connectivity index (χ4n) is 1.13. The zero-order chi connectivity index (χ0) is 12.1. The molecule has 0 aromatic carbocycles. The van der Waals surface area contributed by atoms with Gasteiger partial charge >= 0.3 is 5.97 Å². The number of carbonyl (C=O) groups is 1. The van der Waals surface area contributed by atoms with Crippen LogP contribution in [0.25, 0.3) is 0 Å². The number of carboxylic acid groups (broad SMARTS) is 1. The van der Waals surface area contributed by atoms with E-state index < -0.39 is 5.97 Å². The average Bonchev–Trinajstić information content (AvgIpc) is 2.17. The number of aryl methyl sites for hydroxylation is 1. The maximum atomic E-state index is 10.7. The first-order valence-corrected chi connectivity index (χ1v) is 5.77. The Labute approximate surface area is 97.9 Å². The van der Waals surface area contributed by atoms with E-state index in [2.05, 4.69) is 9.97 Å². The molecule has 0 saturated heterocycles. The van der Waals surface area contributed by atoms with Crippen LogP contribution in [-0.2, 0) is 0 Å². The summed E-state index contributed by atoms with van der Waals surface area (Å²) in [7, 11) is 0. The van der Waals surface area contributed by atoms with Crippen molar-refractivity contribution >= 4 is 17.7 Å². The monoisotopic (exact) mass is 242 g/mol. The molecule has 1 heterocycles. The number of hydrogen-bond donors (Lipinski definition) is 2. The summed E-state index contributed by atoms with van der Waals surface area (Å²) in [5, 5.41) is 18.3. The van der Waals surface area contributed by atoms with Crippen LogP contribution >= 0.6 is 11.8 Å². The van der Waals surface area contributed by atoms with E-state index in [1.807, 2.05) is 6.92 Å². The van der Waals surface area contributed by atoms with E-state index in [-0.39, 0.29) is 17.4 Å². The number of rotatable bonds is 5. The van der Waals surface area contributed by atoms with Crippen molar-refractivity contribution in [2.24, 2.45) is 0 Å². The standard InChI is InChI=1S/C10H14N2O3S/c1-6(3-4-13)16-10-11-5-8(9(14)15)7(2)12-10/h5-6,13H,3-4H2,1-2H3,(H,14,15). The van der Waals surface area contributed by atoms with Crippen molar-refractivity contribution in [2.75, 3.05) is 6.61 Å². The first kappa shape index (κ1) is 12.9. The number of aromatic nitrogens is 2. The third-order valence-electron chi connectivity index (χ3n) is 2.03. The van der Waals surface area contributed by atoms with Gasteiger partial charge in [-0.2, -0.15) is 0 Å². The summed E-state index contributed by atoms with van der Waals surface area (Å²) in [6, 6.07) is 0. The third-order valence-corrected chi connectivity index (χ3v) is 3.08. The van der Waals surface area contributed by atoms with E-state index in [0.29, 0.717) is 17.3 Å². The van der Waals surface area contributed by atoms with E-state index >= 15 is 0 Å². The molecule has 0 fully saturated rings. The minimum absolute atomic E-state index is 0.124. The molecule has 0 aliphatic carbocycles. The van der Waals surface area contributed by atoms with Crippen molar-refractivity contribution in [1.29, 1.82) is 0 Å². The lowest BCUT2D eigenvalue weighted by Crippen LogP contribution is -2.06. The van der Waals surface area contributed by atoms with Crippen molar-refractivity contribution in [2.45, 2.75) is 30.7 Å². The Morgan fingerprint density at radius 1 is 1.62 bits per heavy atom. The highest BCUT2D eigenvalue weighted by molar-refractivity contribution is 7.99. The molecule has 1 aromatic heterocycles. The summed E-state index contributed by atoms with van der Waals surface area (Å²) in [6.45, 7) is 3.73. The van der Waals surface area contributed by atoms with E-state index in [0.717, 1.165) is 0 Å². The first-order valence-electron chi connectivity index (χ1n) is 4.89. The van der Waals surface area contributed by atoms with Crippen LogP contribution in [0.15, 0.2) is 11.4 Å². The SMILES string of the molecule is Cc1nc(SC(C)CCO)ncc1C(=O)O. The molecule has 1 aromatic rings. The first-order chi connectivity index (χ1) is 7.54. The van der Waals surface area contributed by atoms with Gasteiger partial charge in [0.2, 0.25) is 0 Å². The summed E-state index contributed by atoms with van der Waals surface area (Å²) >= 11 is 1.43. The largest absolute Gasteiger partial charge is 0.478 e. The van der Waals surface area contributed by atoms with Gasteiger partial charge in [0, 0.05) is 18.1 Å². The van der Waals surface area contributed by atoms with Crippen molar-refractivity contribution < 1.29 is 15.0 Å². The topological polar surface area (TPSA) is 83.3 Å². The highest BCUT2D eigenvalue weighted by atomic mass is 32.2. The number of nitrogens with zero attached hydrogens (tertiary/aromatic N) is 2. The Morgan fingerprint density at radius 2 is 2.31 bits per heavy atom. The lowest BCUT2D eigenvalue weighted by atomic mass is 10.2. The van der Waals surface area contributed by atoms with Gasteiger partial charge in [-0.1, -0.05) is 18.7 Å². The third kappa shape index (κ3) is 3.46. The summed E-state index contributed by atoms with van der Waals surface area (Å²) in [5.41, 5.74) is 0.584. The molecule has 0 bridgehead atoms. The van der Waals surface area contributed by atoms with Gasteiger partial charge in [0.25, 0.3) is 0 Å². The van der Waals surface area contributed by atoms with Crippen LogP contribution in [0.2, 0.25) is 0 Å². The number of aliphatic hydroxyl groups is 1. The van der Waals surface area contributed by atoms with Gasteiger partial charge in [-0.3, -0.25) is 0 Å². The van der Waals surface area contributed by atoms with Gasteiger partial charge in [0.05, 0.1) is 11.3 Å². The number of hydrogen-bond acceptors (Lipinski definition) is 5. The van der Waals surface area contributed by atoms with Crippen molar-refractivity contribution in [3.8, 4) is 0 Å². The van der Waals surface area contributed by atoms with Gasteiger partial charge in [-0.15, -0.1) is 0 Å². The molecule has 0 spiro atoms. The highest BCUT2D eigenvalue weighted by Crippen LogP contribution is 2.21. The zero-order valence-electron chi connectivity index (χ0n) is 9.17. The van der Waals surface area contributed by atoms with Crippen LogP contribution in [0.4, 0.5) is 0 Å². The maximum Gasteiger partial charge on any atom is 0.339 e. The minimum atomic E-state index is -1.02. The zero-order valence-corrected chi connectivity index (χ0v) is 9.99. The Kier molecular flexibility index (Phi) is 4.70. The van der Waals surface area contributed by atoms with Crippen LogP contribution in [0, 0.1) is 6.92 Å². The van der Waals surface area contributed by atoms with E-state index in [9.17, 15) is 4.79 Å². The molecule has 1 rings (SSSR count). The van der Waals surface area contributed by atoms with E-state index in [1.165, 1.54) is 18.0 Å². The fraction of sp³-hybridized carbons (Fsp3) is 0.500. The molecule has 16 heavy (non-hydrogen) atoms. The van der Waals surface area contributed by atoms with Gasteiger partial charge in [0.1, 0.15) is 0 Å². The number of aliphatic hydroxyl groups excluding tert-OH is 1. The normalized spacial score (nSPS) is 12.4. The molecule has 0 aliphatic rings. The lowest BCUT2D eigenvalue weighted by Gasteiger charge is -2.08. The molecule has 88 valence electrons. The van der Waals surface area contributed by atoms with Gasteiger partial charge in [-0.25, -0.2) is 14.8 Å². The molecular formula is C10H14N2O3S. The van der Waals surface area contributed by atoms with E-state index in [4.69, 9.17) is 10.2 Å². The van der Waals surface area contributed by atoms with Crippen LogP contribution in [0.3, 0.4) is 0 Å². The van der Waals surface area contributed by atoms with Crippen LogP contribution in [0.1, 0.15) is 29.4 Å². The van der Waals surface area contributed by atoms with Crippen molar-refractivity contribution in [3.05, 3.63) is 17.5 Å². The molecule has 0 saturated carbocycles. The van der Waals surface area contributed by atoms with Crippen LogP contribution in [-0.4, -0.2) is 38.0 Å². The molecule has 1 unspecified atom stereocenters. The summed E-state index contributed by atoms with van der Waals surface area (Å²) in [4.78, 5) is 18.8. The Bertz CT molecular complexity index is 384. The fourth-order valence-corrected chi connectivity index (χ4v) is 2.02. The van der Waals surface area contributed by atoms with Gasteiger partial charge in [0.15, 0.2) is 5.16 Å². The summed E-state index contributed by atoms with van der Waals surface area (Å²) in [5.74, 6) is -1.02. The molecule has 6 heteroatoms. The molecule has 0 amide bonds. The molecular weight excluding hydrogens is 228 g/mol. The second-order valence-corrected chi connectivity index (χ2v) is 4.80. The van der Waals surface area contributed by atoms with Crippen LogP contribution in [0.5, 0.6) is 0 Å². The highest BCUT2D eigenvalue weighted by Gasteiger charge is 2.12. The summed E-state index contributed by atoms with van der Waals surface area (Å²) < 4.78 is 0.